The summed E-state index contributed by atoms with van der Waals surface area (Å²) in [5, 5.41) is 5.19. The maximum absolute atomic E-state index is 13.1. The Morgan fingerprint density at radius 3 is 2.42 bits per heavy atom. The second-order valence-corrected chi connectivity index (χ2v) is 10.5. The maximum atomic E-state index is 13.1. The van der Waals surface area contributed by atoms with Crippen LogP contribution in [0.25, 0.3) is 0 Å². The minimum atomic E-state index is -3.79. The average Bonchev–Trinajstić information content (AvgIpc) is 3.11. The van der Waals surface area contributed by atoms with Gasteiger partial charge in [0.25, 0.3) is 5.91 Å². The highest BCUT2D eigenvalue weighted by Crippen LogP contribution is 2.31. The first-order valence-corrected chi connectivity index (χ1v) is 12.2. The molecule has 1 aliphatic heterocycles. The van der Waals surface area contributed by atoms with Gasteiger partial charge in [-0.2, -0.15) is 12.6 Å². The minimum absolute atomic E-state index is 0.0402. The summed E-state index contributed by atoms with van der Waals surface area (Å²) in [7, 11) is -2.40. The normalized spacial score (nSPS) is 20.8. The van der Waals surface area contributed by atoms with Crippen molar-refractivity contribution in [2.45, 2.75) is 36.8 Å². The van der Waals surface area contributed by atoms with Gasteiger partial charge >= 0.3 is 5.97 Å². The van der Waals surface area contributed by atoms with Crippen molar-refractivity contribution < 1.29 is 27.5 Å². The lowest BCUT2D eigenvalue weighted by atomic mass is 10.2. The Bertz CT molecular complexity index is 919. The fourth-order valence-corrected chi connectivity index (χ4v) is 5.99. The van der Waals surface area contributed by atoms with Gasteiger partial charge in [-0.1, -0.05) is 6.92 Å². The first-order chi connectivity index (χ1) is 14.6. The highest BCUT2D eigenvalue weighted by Gasteiger charge is 2.55. The molecule has 2 amide bonds. The van der Waals surface area contributed by atoms with E-state index in [2.05, 4.69) is 23.3 Å². The van der Waals surface area contributed by atoms with Gasteiger partial charge in [-0.05, 0) is 37.6 Å². The number of nitrogens with zero attached hydrogens (tertiary/aromatic N) is 1. The SMILES string of the molecule is CCCS(=O)(=O)C1(C(=O)N(C)CC(=O)Nc2ccc(C(=O)OCC)cc2)CC(S)CN1. The number of likely N-dealkylation sites (N-methyl/N-ethyl adjacent to an activating group) is 1. The molecule has 2 N–H and O–H groups in total. The van der Waals surface area contributed by atoms with Crippen LogP contribution in [0.3, 0.4) is 0 Å². The molecule has 1 saturated heterocycles. The Kier molecular flexibility index (Phi) is 8.49. The van der Waals surface area contributed by atoms with E-state index in [1.54, 1.807) is 26.0 Å². The first kappa shape index (κ1) is 25.2. The van der Waals surface area contributed by atoms with Crippen LogP contribution in [0.5, 0.6) is 0 Å². The van der Waals surface area contributed by atoms with Gasteiger partial charge in [-0.25, -0.2) is 13.2 Å². The van der Waals surface area contributed by atoms with E-state index in [1.807, 2.05) is 0 Å². The molecular weight excluding hydrogens is 442 g/mol. The van der Waals surface area contributed by atoms with Crippen molar-refractivity contribution in [3.63, 3.8) is 0 Å². The minimum Gasteiger partial charge on any atom is -0.462 e. The number of thiol groups is 1. The molecule has 172 valence electrons. The van der Waals surface area contributed by atoms with Crippen molar-refractivity contribution in [3.8, 4) is 0 Å². The zero-order chi connectivity index (χ0) is 23.2. The average molecular weight is 472 g/mol. The molecule has 11 heteroatoms. The third-order valence-electron chi connectivity index (χ3n) is 4.90. The number of nitrogens with one attached hydrogen (secondary N) is 2. The molecule has 9 nitrogen and oxygen atoms in total. The van der Waals surface area contributed by atoms with Gasteiger partial charge in [0.2, 0.25) is 10.8 Å². The van der Waals surface area contributed by atoms with Gasteiger partial charge in [0.15, 0.2) is 9.84 Å². The summed E-state index contributed by atoms with van der Waals surface area (Å²) in [6.07, 6.45) is 0.417. The number of benzene rings is 1. The molecule has 0 aliphatic carbocycles. The fourth-order valence-electron chi connectivity index (χ4n) is 3.43. The summed E-state index contributed by atoms with van der Waals surface area (Å²) in [6.45, 7) is 3.65. The van der Waals surface area contributed by atoms with E-state index in [0.717, 1.165) is 4.90 Å². The summed E-state index contributed by atoms with van der Waals surface area (Å²) < 4.78 is 30.7. The first-order valence-electron chi connectivity index (χ1n) is 10.0. The highest BCUT2D eigenvalue weighted by molar-refractivity contribution is 7.93. The number of esters is 1. The molecule has 0 spiro atoms. The summed E-state index contributed by atoms with van der Waals surface area (Å²) >= 11 is 4.33. The highest BCUT2D eigenvalue weighted by atomic mass is 32.2. The van der Waals surface area contributed by atoms with E-state index >= 15 is 0 Å². The summed E-state index contributed by atoms with van der Waals surface area (Å²) in [5.74, 6) is -1.77. The van der Waals surface area contributed by atoms with Crippen molar-refractivity contribution in [1.29, 1.82) is 0 Å². The summed E-state index contributed by atoms with van der Waals surface area (Å²) in [6, 6.07) is 6.13. The van der Waals surface area contributed by atoms with Crippen LogP contribution < -0.4 is 10.6 Å². The Labute approximate surface area is 188 Å². The van der Waals surface area contributed by atoms with E-state index in [-0.39, 0.29) is 37.1 Å². The van der Waals surface area contributed by atoms with Crippen LogP contribution in [0.2, 0.25) is 0 Å². The molecule has 0 aromatic heterocycles. The number of hydrogen-bond acceptors (Lipinski definition) is 8. The van der Waals surface area contributed by atoms with Crippen LogP contribution in [0.1, 0.15) is 37.0 Å². The number of carbonyl (C=O) groups is 3. The Morgan fingerprint density at radius 1 is 1.26 bits per heavy atom. The number of rotatable bonds is 9. The molecular formula is C20H29N3O6S2. The molecule has 0 bridgehead atoms. The largest absolute Gasteiger partial charge is 0.462 e. The molecule has 2 rings (SSSR count). The summed E-state index contributed by atoms with van der Waals surface area (Å²) in [5.41, 5.74) is 0.783. The van der Waals surface area contributed by atoms with Crippen LogP contribution in [0, 0.1) is 0 Å². The zero-order valence-electron chi connectivity index (χ0n) is 17.9. The number of anilines is 1. The molecule has 1 fully saturated rings. The van der Waals surface area contributed by atoms with Crippen molar-refractivity contribution in [2.75, 3.05) is 37.8 Å². The molecule has 1 aliphatic rings. The second kappa shape index (κ2) is 10.5. The van der Waals surface area contributed by atoms with Gasteiger partial charge in [-0.3, -0.25) is 14.9 Å². The van der Waals surface area contributed by atoms with Crippen LogP contribution in [-0.4, -0.2) is 73.7 Å². The van der Waals surface area contributed by atoms with E-state index < -0.39 is 32.5 Å². The van der Waals surface area contributed by atoms with E-state index in [1.165, 1.54) is 19.2 Å². The van der Waals surface area contributed by atoms with Crippen molar-refractivity contribution in [3.05, 3.63) is 29.8 Å². The van der Waals surface area contributed by atoms with Gasteiger partial charge in [-0.15, -0.1) is 0 Å². The third-order valence-corrected chi connectivity index (χ3v) is 7.76. The summed E-state index contributed by atoms with van der Waals surface area (Å²) in [4.78, 5) is 36.6. The molecule has 2 unspecified atom stereocenters. The van der Waals surface area contributed by atoms with E-state index in [4.69, 9.17) is 4.74 Å². The molecule has 0 radical (unpaired) electrons. The number of hydrogen-bond donors (Lipinski definition) is 3. The van der Waals surface area contributed by atoms with Crippen LogP contribution in [0.4, 0.5) is 5.69 Å². The Balaban J connectivity index is 2.07. The van der Waals surface area contributed by atoms with Crippen LogP contribution in [0.15, 0.2) is 24.3 Å². The number of amides is 2. The Morgan fingerprint density at radius 2 is 1.90 bits per heavy atom. The van der Waals surface area contributed by atoms with Gasteiger partial charge in [0.05, 0.1) is 24.5 Å². The maximum Gasteiger partial charge on any atom is 0.338 e. The van der Waals surface area contributed by atoms with Gasteiger partial charge in [0, 0.05) is 31.0 Å². The lowest BCUT2D eigenvalue weighted by molar-refractivity contribution is -0.136. The molecule has 31 heavy (non-hydrogen) atoms. The molecule has 1 aromatic carbocycles. The molecule has 0 saturated carbocycles. The number of ether oxygens (including phenoxy) is 1. The molecule has 1 heterocycles. The second-order valence-electron chi connectivity index (χ2n) is 7.39. The lowest BCUT2D eigenvalue weighted by Crippen LogP contribution is -2.60. The topological polar surface area (TPSA) is 122 Å². The predicted octanol–water partition coefficient (Wildman–Crippen LogP) is 1.07. The van der Waals surface area contributed by atoms with Gasteiger partial charge in [0.1, 0.15) is 0 Å². The predicted molar refractivity (Wildman–Crippen MR) is 121 cm³/mol. The zero-order valence-corrected chi connectivity index (χ0v) is 19.6. The van der Waals surface area contributed by atoms with E-state index in [9.17, 15) is 22.8 Å². The smallest absolute Gasteiger partial charge is 0.338 e. The van der Waals surface area contributed by atoms with Crippen LogP contribution >= 0.6 is 12.6 Å². The molecule has 1 aromatic rings. The quantitative estimate of drug-likeness (QED) is 0.364. The standard InChI is InChI=1S/C20H29N3O6S2/c1-4-10-31(27,28)20(11-16(30)12-21-20)19(26)23(3)13-17(24)22-15-8-6-14(7-9-15)18(25)29-5-2/h6-9,16,21,30H,4-5,10-13H2,1-3H3,(H,22,24). The molecule has 2 atom stereocenters. The Hall–Kier alpha value is -2.11. The van der Waals surface area contributed by atoms with E-state index in [0.29, 0.717) is 17.7 Å². The van der Waals surface area contributed by atoms with Gasteiger partial charge < -0.3 is 15.0 Å². The van der Waals surface area contributed by atoms with Crippen molar-refractivity contribution in [1.82, 2.24) is 10.2 Å². The third kappa shape index (κ3) is 5.78. The fraction of sp³-hybridized carbons (Fsp3) is 0.550. The monoisotopic (exact) mass is 471 g/mol. The number of carbonyl (C=O) groups excluding carboxylic acids is 3. The van der Waals surface area contributed by atoms with Crippen LogP contribution in [-0.2, 0) is 24.2 Å². The van der Waals surface area contributed by atoms with Crippen molar-refractivity contribution in [2.24, 2.45) is 0 Å². The van der Waals surface area contributed by atoms with Crippen molar-refractivity contribution >= 4 is 45.9 Å². The number of sulfone groups is 1. The lowest BCUT2D eigenvalue weighted by Gasteiger charge is -2.32.